The number of aliphatic hydroxyl groups excluding tert-OH is 1. The zero-order valence-electron chi connectivity index (χ0n) is 8.48. The van der Waals surface area contributed by atoms with Crippen LogP contribution in [0.1, 0.15) is 12.0 Å². The van der Waals surface area contributed by atoms with Crippen LogP contribution in [0.3, 0.4) is 0 Å². The van der Waals surface area contributed by atoms with Gasteiger partial charge in [-0.15, -0.1) is 0 Å². The molecule has 0 aromatic heterocycles. The fourth-order valence-corrected chi connectivity index (χ4v) is 1.53. The molecule has 0 bridgehead atoms. The molecule has 1 aliphatic rings. The molecule has 1 N–H and O–H groups in total. The van der Waals surface area contributed by atoms with Crippen LogP contribution in [0.2, 0.25) is 0 Å². The van der Waals surface area contributed by atoms with Crippen LogP contribution in [-0.4, -0.2) is 23.8 Å². The number of rotatable bonds is 3. The van der Waals surface area contributed by atoms with Crippen LogP contribution in [-0.2, 0) is 16.1 Å². The molecule has 0 radical (unpaired) electrons. The van der Waals surface area contributed by atoms with E-state index >= 15 is 0 Å². The van der Waals surface area contributed by atoms with Gasteiger partial charge in [0.05, 0.1) is 13.2 Å². The SMILES string of the molecule is O=C1OCCC1Oc1cc(F)cc(CO)c1. The van der Waals surface area contributed by atoms with Gasteiger partial charge in [-0.2, -0.15) is 0 Å². The summed E-state index contributed by atoms with van der Waals surface area (Å²) in [5.74, 6) is -0.712. The topological polar surface area (TPSA) is 55.8 Å². The number of ether oxygens (including phenoxy) is 2. The van der Waals surface area contributed by atoms with Crippen LogP contribution in [0, 0.1) is 5.82 Å². The summed E-state index contributed by atoms with van der Waals surface area (Å²) >= 11 is 0. The van der Waals surface area contributed by atoms with E-state index in [-0.39, 0.29) is 12.4 Å². The molecule has 4 nitrogen and oxygen atoms in total. The van der Waals surface area contributed by atoms with Gasteiger partial charge in [0.15, 0.2) is 6.10 Å². The largest absolute Gasteiger partial charge is 0.478 e. The van der Waals surface area contributed by atoms with Crippen molar-refractivity contribution >= 4 is 5.97 Å². The zero-order chi connectivity index (χ0) is 11.5. The second-order valence-corrected chi connectivity index (χ2v) is 3.52. The number of halogens is 1. The highest BCUT2D eigenvalue weighted by Gasteiger charge is 2.28. The molecule has 0 saturated carbocycles. The minimum absolute atomic E-state index is 0.230. The lowest BCUT2D eigenvalue weighted by molar-refractivity contribution is -0.143. The normalized spacial score (nSPS) is 19.6. The van der Waals surface area contributed by atoms with Crippen molar-refractivity contribution in [3.63, 3.8) is 0 Å². The van der Waals surface area contributed by atoms with Gasteiger partial charge in [-0.05, 0) is 17.7 Å². The molecule has 0 spiro atoms. The van der Waals surface area contributed by atoms with Gasteiger partial charge < -0.3 is 14.6 Å². The summed E-state index contributed by atoms with van der Waals surface area (Å²) in [4.78, 5) is 11.1. The summed E-state index contributed by atoms with van der Waals surface area (Å²) in [5, 5.41) is 8.89. The molecule has 2 rings (SSSR count). The maximum atomic E-state index is 13.1. The van der Waals surface area contributed by atoms with Gasteiger partial charge in [0.25, 0.3) is 0 Å². The maximum absolute atomic E-state index is 13.1. The summed E-state index contributed by atoms with van der Waals surface area (Å²) < 4.78 is 23.1. The Morgan fingerprint density at radius 2 is 2.31 bits per heavy atom. The Balaban J connectivity index is 2.14. The highest BCUT2D eigenvalue weighted by molar-refractivity contribution is 5.76. The first-order valence-electron chi connectivity index (χ1n) is 4.92. The molecule has 86 valence electrons. The Kier molecular flexibility index (Phi) is 3.05. The van der Waals surface area contributed by atoms with Crippen LogP contribution in [0.25, 0.3) is 0 Å². The van der Waals surface area contributed by atoms with E-state index in [2.05, 4.69) is 0 Å². The van der Waals surface area contributed by atoms with Crippen molar-refractivity contribution in [2.45, 2.75) is 19.1 Å². The molecule has 1 aliphatic heterocycles. The minimum Gasteiger partial charge on any atom is -0.478 e. The van der Waals surface area contributed by atoms with E-state index in [0.717, 1.165) is 0 Å². The fraction of sp³-hybridized carbons (Fsp3) is 0.364. The Labute approximate surface area is 91.6 Å². The minimum atomic E-state index is -0.673. The standard InChI is InChI=1S/C11H11FO4/c12-8-3-7(6-13)4-9(5-8)16-10-1-2-15-11(10)14/h3-5,10,13H,1-2,6H2. The van der Waals surface area contributed by atoms with Crippen LogP contribution in [0.15, 0.2) is 18.2 Å². The second-order valence-electron chi connectivity index (χ2n) is 3.52. The summed E-state index contributed by atoms with van der Waals surface area (Å²) in [6.45, 7) is 0.0505. The average molecular weight is 226 g/mol. The van der Waals surface area contributed by atoms with Gasteiger partial charge in [0.2, 0.25) is 0 Å². The summed E-state index contributed by atoms with van der Waals surface area (Å²) in [6, 6.07) is 3.87. The van der Waals surface area contributed by atoms with Crippen molar-refractivity contribution in [2.24, 2.45) is 0 Å². The molecule has 0 aliphatic carbocycles. The van der Waals surface area contributed by atoms with E-state index in [9.17, 15) is 9.18 Å². The maximum Gasteiger partial charge on any atom is 0.347 e. The lowest BCUT2D eigenvalue weighted by atomic mass is 10.2. The number of carbonyl (C=O) groups excluding carboxylic acids is 1. The average Bonchev–Trinajstić information content (AvgIpc) is 2.63. The fourth-order valence-electron chi connectivity index (χ4n) is 1.53. The molecular weight excluding hydrogens is 215 g/mol. The molecule has 1 aromatic rings. The molecule has 1 saturated heterocycles. The molecule has 1 atom stereocenters. The molecule has 1 heterocycles. The summed E-state index contributed by atoms with van der Waals surface area (Å²) in [6.07, 6.45) is -0.211. The number of hydrogen-bond donors (Lipinski definition) is 1. The van der Waals surface area contributed by atoms with Crippen molar-refractivity contribution in [3.05, 3.63) is 29.6 Å². The van der Waals surface area contributed by atoms with Gasteiger partial charge in [0, 0.05) is 12.5 Å². The van der Waals surface area contributed by atoms with E-state index in [1.807, 2.05) is 0 Å². The van der Waals surface area contributed by atoms with Gasteiger partial charge in [-0.1, -0.05) is 0 Å². The molecule has 5 heteroatoms. The number of hydrogen-bond acceptors (Lipinski definition) is 4. The number of carbonyl (C=O) groups is 1. The van der Waals surface area contributed by atoms with Crippen LogP contribution >= 0.6 is 0 Å². The predicted molar refractivity (Wildman–Crippen MR) is 52.3 cm³/mol. The van der Waals surface area contributed by atoms with E-state index in [4.69, 9.17) is 14.6 Å². The van der Waals surface area contributed by atoms with Gasteiger partial charge in [-0.25, -0.2) is 9.18 Å². The Morgan fingerprint density at radius 1 is 1.50 bits per heavy atom. The Bertz CT molecular complexity index is 405. The van der Waals surface area contributed by atoms with Crippen LogP contribution in [0.5, 0.6) is 5.75 Å². The monoisotopic (exact) mass is 226 g/mol. The van der Waals surface area contributed by atoms with Crippen molar-refractivity contribution in [1.29, 1.82) is 0 Å². The van der Waals surface area contributed by atoms with Crippen molar-refractivity contribution in [3.8, 4) is 5.75 Å². The molecule has 0 amide bonds. The first-order chi connectivity index (χ1) is 7.69. The molecule has 1 fully saturated rings. The van der Waals surface area contributed by atoms with Crippen LogP contribution < -0.4 is 4.74 Å². The number of benzene rings is 1. The van der Waals surface area contributed by atoms with Gasteiger partial charge >= 0.3 is 5.97 Å². The molecule has 1 aromatic carbocycles. The summed E-state index contributed by atoms with van der Waals surface area (Å²) in [5.41, 5.74) is 0.404. The number of aliphatic hydroxyl groups is 1. The predicted octanol–water partition coefficient (Wildman–Crippen LogP) is 1.01. The third-order valence-corrected chi connectivity index (χ3v) is 2.28. The molecule has 16 heavy (non-hydrogen) atoms. The van der Waals surface area contributed by atoms with E-state index in [1.54, 1.807) is 0 Å². The first kappa shape index (κ1) is 10.9. The van der Waals surface area contributed by atoms with Crippen molar-refractivity contribution < 1.29 is 23.8 Å². The van der Waals surface area contributed by atoms with Crippen LogP contribution in [0.4, 0.5) is 4.39 Å². The highest BCUT2D eigenvalue weighted by Crippen LogP contribution is 2.20. The number of esters is 1. The Hall–Kier alpha value is -1.62. The van der Waals surface area contributed by atoms with E-state index in [1.165, 1.54) is 18.2 Å². The lowest BCUT2D eigenvalue weighted by Crippen LogP contribution is -2.21. The molecule has 1 unspecified atom stereocenters. The van der Waals surface area contributed by atoms with Crippen molar-refractivity contribution in [2.75, 3.05) is 6.61 Å². The highest BCUT2D eigenvalue weighted by atomic mass is 19.1. The number of cyclic esters (lactones) is 1. The lowest BCUT2D eigenvalue weighted by Gasteiger charge is -2.10. The van der Waals surface area contributed by atoms with E-state index in [0.29, 0.717) is 18.6 Å². The third kappa shape index (κ3) is 2.30. The first-order valence-corrected chi connectivity index (χ1v) is 4.92. The van der Waals surface area contributed by atoms with Crippen molar-refractivity contribution in [1.82, 2.24) is 0 Å². The second kappa shape index (κ2) is 4.49. The van der Waals surface area contributed by atoms with Gasteiger partial charge in [0.1, 0.15) is 11.6 Å². The smallest absolute Gasteiger partial charge is 0.347 e. The van der Waals surface area contributed by atoms with Gasteiger partial charge in [-0.3, -0.25) is 0 Å². The zero-order valence-corrected chi connectivity index (χ0v) is 8.48. The summed E-state index contributed by atoms with van der Waals surface area (Å²) in [7, 11) is 0. The quantitative estimate of drug-likeness (QED) is 0.781. The third-order valence-electron chi connectivity index (χ3n) is 2.28. The Morgan fingerprint density at radius 3 is 2.94 bits per heavy atom. The molecular formula is C11H11FO4. The van der Waals surface area contributed by atoms with E-state index < -0.39 is 17.9 Å².